The summed E-state index contributed by atoms with van der Waals surface area (Å²) in [6.07, 6.45) is 3.11. The number of carbonyl (C=O) groups is 2. The van der Waals surface area contributed by atoms with Crippen molar-refractivity contribution in [1.29, 1.82) is 0 Å². The van der Waals surface area contributed by atoms with Crippen LogP contribution in [0.1, 0.15) is 56.8 Å². The molecule has 2 N–H and O–H groups in total. The Morgan fingerprint density at radius 3 is 2.43 bits per heavy atom. The summed E-state index contributed by atoms with van der Waals surface area (Å²) in [5, 5.41) is 6.00. The second-order valence-electron chi connectivity index (χ2n) is 8.06. The number of alkyl carbamates (subject to hydrolysis) is 1. The zero-order valence-electron chi connectivity index (χ0n) is 16.7. The molecule has 1 aliphatic rings. The topological polar surface area (TPSA) is 76.7 Å². The van der Waals surface area contributed by atoms with Gasteiger partial charge in [-0.2, -0.15) is 0 Å². The number of hydrogen-bond acceptors (Lipinski definition) is 5. The van der Waals surface area contributed by atoms with Gasteiger partial charge < -0.3 is 20.1 Å². The molecule has 0 unspecified atom stereocenters. The second kappa shape index (κ2) is 9.45. The van der Waals surface area contributed by atoms with Crippen LogP contribution in [0.3, 0.4) is 0 Å². The molecule has 1 aromatic rings. The molecule has 6 nitrogen and oxygen atoms in total. The second-order valence-corrected chi connectivity index (χ2v) is 8.43. The Labute approximate surface area is 170 Å². The molecule has 1 fully saturated rings. The molecule has 0 heterocycles. The van der Waals surface area contributed by atoms with E-state index in [-0.39, 0.29) is 16.6 Å². The predicted molar refractivity (Wildman–Crippen MR) is 106 cm³/mol. The van der Waals surface area contributed by atoms with Crippen LogP contribution >= 0.6 is 11.6 Å². The first-order valence-electron chi connectivity index (χ1n) is 9.40. The van der Waals surface area contributed by atoms with Gasteiger partial charge in [-0.1, -0.05) is 11.6 Å². The summed E-state index contributed by atoms with van der Waals surface area (Å²) in [4.78, 5) is 23.5. The first kappa shape index (κ1) is 22.3. The zero-order chi connectivity index (χ0) is 20.9. The number of halogens is 2. The van der Waals surface area contributed by atoms with Crippen LogP contribution in [-0.2, 0) is 9.47 Å². The maximum absolute atomic E-state index is 14.0. The minimum Gasteiger partial charge on any atom is -0.465 e. The van der Waals surface area contributed by atoms with Crippen LogP contribution < -0.4 is 10.6 Å². The minimum absolute atomic E-state index is 0.0482. The molecular weight excluding hydrogens is 387 g/mol. The highest BCUT2D eigenvalue weighted by Gasteiger charge is 2.25. The van der Waals surface area contributed by atoms with E-state index >= 15 is 0 Å². The number of ether oxygens (including phenoxy) is 2. The van der Waals surface area contributed by atoms with Crippen molar-refractivity contribution in [3.63, 3.8) is 0 Å². The van der Waals surface area contributed by atoms with Gasteiger partial charge in [0.15, 0.2) is 0 Å². The molecule has 0 aromatic heterocycles. The smallest absolute Gasteiger partial charge is 0.407 e. The molecule has 0 atom stereocenters. The number of benzene rings is 1. The summed E-state index contributed by atoms with van der Waals surface area (Å²) in [5.41, 5.74) is -0.0355. The van der Waals surface area contributed by atoms with Gasteiger partial charge >= 0.3 is 12.1 Å². The molecule has 28 heavy (non-hydrogen) atoms. The van der Waals surface area contributed by atoms with Crippen LogP contribution in [0.2, 0.25) is 5.02 Å². The molecule has 1 saturated carbocycles. The highest BCUT2D eigenvalue weighted by molar-refractivity contribution is 6.33. The Kier molecular flexibility index (Phi) is 7.52. The fourth-order valence-corrected chi connectivity index (χ4v) is 3.37. The molecule has 1 amide bonds. The molecule has 8 heteroatoms. The average Bonchev–Trinajstić information content (AvgIpc) is 2.61. The van der Waals surface area contributed by atoms with Gasteiger partial charge in [0.25, 0.3) is 0 Å². The molecule has 0 spiro atoms. The number of anilines is 1. The lowest BCUT2D eigenvalue weighted by molar-refractivity contribution is 0.0487. The highest BCUT2D eigenvalue weighted by Crippen LogP contribution is 2.29. The lowest BCUT2D eigenvalue weighted by Crippen LogP contribution is -2.41. The van der Waals surface area contributed by atoms with E-state index in [0.29, 0.717) is 18.2 Å². The number of nitrogens with one attached hydrogen (secondary N) is 2. The molecule has 0 radical (unpaired) electrons. The van der Waals surface area contributed by atoms with Crippen LogP contribution in [0.5, 0.6) is 0 Å². The van der Waals surface area contributed by atoms with E-state index in [1.54, 1.807) is 0 Å². The summed E-state index contributed by atoms with van der Waals surface area (Å²) in [7, 11) is 1.24. The van der Waals surface area contributed by atoms with Crippen molar-refractivity contribution in [2.24, 2.45) is 5.92 Å². The van der Waals surface area contributed by atoms with E-state index in [1.165, 1.54) is 13.2 Å². The van der Waals surface area contributed by atoms with Gasteiger partial charge in [-0.25, -0.2) is 14.0 Å². The van der Waals surface area contributed by atoms with Crippen molar-refractivity contribution in [3.8, 4) is 0 Å². The van der Waals surface area contributed by atoms with Gasteiger partial charge in [0.2, 0.25) is 0 Å². The molecule has 0 aliphatic heterocycles. The lowest BCUT2D eigenvalue weighted by Gasteiger charge is -2.30. The highest BCUT2D eigenvalue weighted by atomic mass is 35.5. The molecule has 156 valence electrons. The largest absolute Gasteiger partial charge is 0.465 e. The molecular formula is C20H28ClFN2O4. The van der Waals surface area contributed by atoms with Crippen molar-refractivity contribution in [2.45, 2.75) is 58.1 Å². The number of methoxy groups -OCH3 is 1. The Balaban J connectivity index is 1.85. The Bertz CT molecular complexity index is 713. The van der Waals surface area contributed by atoms with Gasteiger partial charge in [-0.15, -0.1) is 0 Å². The Morgan fingerprint density at radius 1 is 1.21 bits per heavy atom. The van der Waals surface area contributed by atoms with E-state index in [9.17, 15) is 14.0 Å². The summed E-state index contributed by atoms with van der Waals surface area (Å²) in [6, 6.07) is 2.65. The molecule has 0 bridgehead atoms. The van der Waals surface area contributed by atoms with Crippen LogP contribution in [0.25, 0.3) is 0 Å². The number of esters is 1. The molecule has 1 aromatic carbocycles. The van der Waals surface area contributed by atoms with Crippen LogP contribution in [0, 0.1) is 11.7 Å². The number of carbonyl (C=O) groups excluding carboxylic acids is 2. The van der Waals surface area contributed by atoms with Crippen molar-refractivity contribution in [2.75, 3.05) is 19.0 Å². The summed E-state index contributed by atoms with van der Waals surface area (Å²) in [5.74, 6) is -0.928. The first-order chi connectivity index (χ1) is 13.1. The predicted octanol–water partition coefficient (Wildman–Crippen LogP) is 4.76. The van der Waals surface area contributed by atoms with E-state index in [4.69, 9.17) is 16.3 Å². The maximum atomic E-state index is 14.0. The number of amides is 1. The van der Waals surface area contributed by atoms with E-state index in [2.05, 4.69) is 15.4 Å². The molecule has 0 saturated heterocycles. The van der Waals surface area contributed by atoms with Crippen LogP contribution in [0.15, 0.2) is 12.1 Å². The van der Waals surface area contributed by atoms with Gasteiger partial charge in [0.1, 0.15) is 11.4 Å². The van der Waals surface area contributed by atoms with Crippen molar-refractivity contribution < 1.29 is 23.5 Å². The number of rotatable bonds is 5. The first-order valence-corrected chi connectivity index (χ1v) is 9.77. The van der Waals surface area contributed by atoms with E-state index in [0.717, 1.165) is 31.7 Å². The molecule has 2 rings (SSSR count). The summed E-state index contributed by atoms with van der Waals surface area (Å²) < 4.78 is 23.9. The maximum Gasteiger partial charge on any atom is 0.407 e. The summed E-state index contributed by atoms with van der Waals surface area (Å²) in [6.45, 7) is 6.10. The Morgan fingerprint density at radius 2 is 1.86 bits per heavy atom. The third-order valence-electron chi connectivity index (χ3n) is 4.60. The monoisotopic (exact) mass is 414 g/mol. The quantitative estimate of drug-likeness (QED) is 0.679. The van der Waals surface area contributed by atoms with Gasteiger partial charge in [-0.05, 0) is 64.5 Å². The molecule has 1 aliphatic carbocycles. The standard InChI is InChI=1S/C20H28ClFN2O4/c1-20(2,3)28-19(26)24-14-7-5-12(6-8-14)11-23-16-10-13(18(25)27-4)9-15(22)17(16)21/h9-10,12,14,23H,5-8,11H2,1-4H3,(H,24,26). The zero-order valence-corrected chi connectivity index (χ0v) is 17.5. The summed E-state index contributed by atoms with van der Waals surface area (Å²) >= 11 is 6.01. The minimum atomic E-state index is -0.669. The van der Waals surface area contributed by atoms with Crippen LogP contribution in [-0.4, -0.2) is 37.4 Å². The lowest BCUT2D eigenvalue weighted by atomic mass is 9.86. The van der Waals surface area contributed by atoms with Gasteiger partial charge in [0.05, 0.1) is 23.4 Å². The number of hydrogen-bond donors (Lipinski definition) is 2. The fourth-order valence-electron chi connectivity index (χ4n) is 3.19. The third-order valence-corrected chi connectivity index (χ3v) is 4.98. The van der Waals surface area contributed by atoms with Crippen LogP contribution in [0.4, 0.5) is 14.9 Å². The Hall–Kier alpha value is -2.02. The van der Waals surface area contributed by atoms with Crippen molar-refractivity contribution in [3.05, 3.63) is 28.5 Å². The fraction of sp³-hybridized carbons (Fsp3) is 0.600. The normalized spacial score (nSPS) is 19.6. The van der Waals surface area contributed by atoms with E-state index in [1.807, 2.05) is 20.8 Å². The van der Waals surface area contributed by atoms with Gasteiger partial charge in [-0.3, -0.25) is 0 Å². The van der Waals surface area contributed by atoms with Crippen molar-refractivity contribution in [1.82, 2.24) is 5.32 Å². The SMILES string of the molecule is COC(=O)c1cc(F)c(Cl)c(NCC2CCC(NC(=O)OC(C)(C)C)CC2)c1. The third kappa shape index (κ3) is 6.55. The van der Waals surface area contributed by atoms with E-state index < -0.39 is 23.5 Å². The van der Waals surface area contributed by atoms with Gasteiger partial charge in [0, 0.05) is 12.6 Å². The average molecular weight is 415 g/mol. The van der Waals surface area contributed by atoms with Crippen molar-refractivity contribution >= 4 is 29.4 Å².